The minimum atomic E-state index is 0.443. The second kappa shape index (κ2) is 12.6. The molecule has 0 aromatic rings. The average Bonchev–Trinajstić information content (AvgIpc) is 3.17. The monoisotopic (exact) mass is 382 g/mol. The molecule has 2 N–H and O–H groups in total. The molecule has 158 valence electrons. The van der Waals surface area contributed by atoms with E-state index in [4.69, 9.17) is 14.5 Å². The molecule has 27 heavy (non-hydrogen) atoms. The van der Waals surface area contributed by atoms with Crippen LogP contribution in [-0.4, -0.2) is 75.5 Å². The summed E-state index contributed by atoms with van der Waals surface area (Å²) in [6.45, 7) is 16.1. The van der Waals surface area contributed by atoms with Crippen LogP contribution in [0.3, 0.4) is 0 Å². The maximum absolute atomic E-state index is 5.67. The SMILES string of the molecule is CCNC(=NCC(C1CCOC1)N1CCOCC1)NC(C)CCCC(C)C. The van der Waals surface area contributed by atoms with Gasteiger partial charge < -0.3 is 20.1 Å². The van der Waals surface area contributed by atoms with Gasteiger partial charge in [-0.1, -0.05) is 26.7 Å². The predicted octanol–water partition coefficient (Wildman–Crippen LogP) is 2.49. The Kier molecular flexibility index (Phi) is 10.5. The van der Waals surface area contributed by atoms with E-state index in [1.807, 2.05) is 0 Å². The Labute approximate surface area is 166 Å². The molecule has 0 spiro atoms. The lowest BCUT2D eigenvalue weighted by molar-refractivity contribution is 0.00368. The standard InChI is InChI=1S/C21H42N4O2/c1-5-22-21(24-18(4)8-6-7-17(2)3)23-15-20(19-9-12-27-16-19)25-10-13-26-14-11-25/h17-20H,5-16H2,1-4H3,(H2,22,23,24). The van der Waals surface area contributed by atoms with E-state index in [0.717, 1.165) is 70.9 Å². The quantitative estimate of drug-likeness (QED) is 0.449. The van der Waals surface area contributed by atoms with Crippen molar-refractivity contribution < 1.29 is 9.47 Å². The van der Waals surface area contributed by atoms with E-state index in [2.05, 4.69) is 43.2 Å². The van der Waals surface area contributed by atoms with Gasteiger partial charge >= 0.3 is 0 Å². The zero-order chi connectivity index (χ0) is 19.5. The fourth-order valence-corrected chi connectivity index (χ4v) is 3.97. The number of hydrogen-bond donors (Lipinski definition) is 2. The van der Waals surface area contributed by atoms with E-state index in [9.17, 15) is 0 Å². The van der Waals surface area contributed by atoms with Crippen molar-refractivity contribution in [1.29, 1.82) is 0 Å². The Morgan fingerprint density at radius 1 is 1.11 bits per heavy atom. The second-order valence-corrected chi connectivity index (χ2v) is 8.43. The van der Waals surface area contributed by atoms with E-state index in [1.165, 1.54) is 19.3 Å². The Morgan fingerprint density at radius 2 is 1.89 bits per heavy atom. The van der Waals surface area contributed by atoms with Crippen molar-refractivity contribution in [3.8, 4) is 0 Å². The van der Waals surface area contributed by atoms with Crippen molar-refractivity contribution in [3.05, 3.63) is 0 Å². The molecule has 6 nitrogen and oxygen atoms in total. The maximum atomic E-state index is 5.67. The van der Waals surface area contributed by atoms with Crippen LogP contribution in [0.15, 0.2) is 4.99 Å². The van der Waals surface area contributed by atoms with Crippen LogP contribution in [-0.2, 0) is 9.47 Å². The van der Waals surface area contributed by atoms with E-state index < -0.39 is 0 Å². The maximum Gasteiger partial charge on any atom is 0.191 e. The van der Waals surface area contributed by atoms with E-state index in [0.29, 0.717) is 18.0 Å². The second-order valence-electron chi connectivity index (χ2n) is 8.43. The van der Waals surface area contributed by atoms with Crippen LogP contribution in [0.4, 0.5) is 0 Å². The molecule has 2 saturated heterocycles. The zero-order valence-corrected chi connectivity index (χ0v) is 18.0. The lowest BCUT2D eigenvalue weighted by atomic mass is 9.97. The number of rotatable bonds is 10. The summed E-state index contributed by atoms with van der Waals surface area (Å²) >= 11 is 0. The first-order chi connectivity index (χ1) is 13.1. The molecule has 0 radical (unpaired) electrons. The molecule has 0 aromatic carbocycles. The molecule has 0 amide bonds. The Hall–Kier alpha value is -0.850. The molecule has 3 atom stereocenters. The summed E-state index contributed by atoms with van der Waals surface area (Å²) in [6, 6.07) is 0.890. The highest BCUT2D eigenvalue weighted by Gasteiger charge is 2.31. The van der Waals surface area contributed by atoms with Crippen molar-refractivity contribution in [2.75, 3.05) is 52.6 Å². The summed E-state index contributed by atoms with van der Waals surface area (Å²) in [5.41, 5.74) is 0. The first kappa shape index (κ1) is 22.4. The topological polar surface area (TPSA) is 58.1 Å². The van der Waals surface area contributed by atoms with E-state index in [1.54, 1.807) is 0 Å². The molecular weight excluding hydrogens is 340 g/mol. The third-order valence-electron chi connectivity index (χ3n) is 5.61. The number of aliphatic imine (C=N–C) groups is 1. The fourth-order valence-electron chi connectivity index (χ4n) is 3.97. The van der Waals surface area contributed by atoms with E-state index >= 15 is 0 Å². The minimum absolute atomic E-state index is 0.443. The van der Waals surface area contributed by atoms with Crippen molar-refractivity contribution in [2.45, 2.75) is 65.5 Å². The molecule has 0 aliphatic carbocycles. The fraction of sp³-hybridized carbons (Fsp3) is 0.952. The molecular formula is C21H42N4O2. The number of hydrogen-bond acceptors (Lipinski definition) is 4. The van der Waals surface area contributed by atoms with Crippen molar-refractivity contribution in [1.82, 2.24) is 15.5 Å². The Morgan fingerprint density at radius 3 is 2.52 bits per heavy atom. The number of nitrogens with zero attached hydrogens (tertiary/aromatic N) is 2. The zero-order valence-electron chi connectivity index (χ0n) is 18.0. The molecule has 2 rings (SSSR count). The normalized spacial score (nSPS) is 24.2. The summed E-state index contributed by atoms with van der Waals surface area (Å²) in [7, 11) is 0. The highest BCUT2D eigenvalue weighted by Crippen LogP contribution is 2.22. The van der Waals surface area contributed by atoms with Crippen LogP contribution in [0.2, 0.25) is 0 Å². The predicted molar refractivity (Wildman–Crippen MR) is 112 cm³/mol. The number of guanidine groups is 1. The lowest BCUT2D eigenvalue weighted by Crippen LogP contribution is -2.49. The number of ether oxygens (including phenoxy) is 2. The van der Waals surface area contributed by atoms with Crippen LogP contribution in [0, 0.1) is 11.8 Å². The summed E-state index contributed by atoms with van der Waals surface area (Å²) in [4.78, 5) is 7.53. The highest BCUT2D eigenvalue weighted by molar-refractivity contribution is 5.80. The van der Waals surface area contributed by atoms with Gasteiger partial charge in [0, 0.05) is 44.2 Å². The van der Waals surface area contributed by atoms with Gasteiger partial charge in [0.25, 0.3) is 0 Å². The summed E-state index contributed by atoms with van der Waals surface area (Å²) < 4.78 is 11.2. The van der Waals surface area contributed by atoms with Crippen LogP contribution >= 0.6 is 0 Å². The molecule has 2 heterocycles. The van der Waals surface area contributed by atoms with Gasteiger partial charge in [-0.3, -0.25) is 9.89 Å². The van der Waals surface area contributed by atoms with Crippen molar-refractivity contribution >= 4 is 5.96 Å². The first-order valence-corrected chi connectivity index (χ1v) is 11.0. The lowest BCUT2D eigenvalue weighted by Gasteiger charge is -2.36. The van der Waals surface area contributed by atoms with Crippen LogP contribution in [0.1, 0.15) is 53.4 Å². The largest absolute Gasteiger partial charge is 0.381 e. The van der Waals surface area contributed by atoms with Crippen LogP contribution in [0.5, 0.6) is 0 Å². The number of morpholine rings is 1. The van der Waals surface area contributed by atoms with Gasteiger partial charge in [-0.05, 0) is 32.6 Å². The minimum Gasteiger partial charge on any atom is -0.381 e. The van der Waals surface area contributed by atoms with Gasteiger partial charge in [0.05, 0.1) is 26.4 Å². The smallest absolute Gasteiger partial charge is 0.191 e. The molecule has 0 saturated carbocycles. The molecule has 0 aromatic heterocycles. The molecule has 6 heteroatoms. The molecule has 2 fully saturated rings. The van der Waals surface area contributed by atoms with Gasteiger partial charge in [0.1, 0.15) is 0 Å². The Bertz CT molecular complexity index is 418. The van der Waals surface area contributed by atoms with Crippen LogP contribution < -0.4 is 10.6 Å². The summed E-state index contributed by atoms with van der Waals surface area (Å²) in [5, 5.41) is 7.03. The van der Waals surface area contributed by atoms with Gasteiger partial charge in [-0.15, -0.1) is 0 Å². The molecule has 2 aliphatic rings. The van der Waals surface area contributed by atoms with Gasteiger partial charge in [0.2, 0.25) is 0 Å². The van der Waals surface area contributed by atoms with Crippen molar-refractivity contribution in [3.63, 3.8) is 0 Å². The third kappa shape index (κ3) is 8.36. The van der Waals surface area contributed by atoms with Gasteiger partial charge in [-0.25, -0.2) is 0 Å². The number of nitrogens with one attached hydrogen (secondary N) is 2. The summed E-state index contributed by atoms with van der Waals surface area (Å²) in [5.74, 6) is 2.31. The third-order valence-corrected chi connectivity index (χ3v) is 5.61. The Balaban J connectivity index is 1.91. The average molecular weight is 383 g/mol. The summed E-state index contributed by atoms with van der Waals surface area (Å²) in [6.07, 6.45) is 4.89. The van der Waals surface area contributed by atoms with Gasteiger partial charge in [-0.2, -0.15) is 0 Å². The molecule has 3 unspecified atom stereocenters. The van der Waals surface area contributed by atoms with Crippen molar-refractivity contribution in [2.24, 2.45) is 16.8 Å². The first-order valence-electron chi connectivity index (χ1n) is 11.0. The van der Waals surface area contributed by atoms with Crippen LogP contribution in [0.25, 0.3) is 0 Å². The van der Waals surface area contributed by atoms with E-state index in [-0.39, 0.29) is 0 Å². The highest BCUT2D eigenvalue weighted by atomic mass is 16.5. The molecule has 2 aliphatic heterocycles. The molecule has 0 bridgehead atoms. The van der Waals surface area contributed by atoms with Gasteiger partial charge in [0.15, 0.2) is 5.96 Å².